The highest BCUT2D eigenvalue weighted by Gasteiger charge is 2.15. The molecule has 0 unspecified atom stereocenters. The van der Waals surface area contributed by atoms with Gasteiger partial charge in [-0.2, -0.15) is 14.7 Å². The van der Waals surface area contributed by atoms with Gasteiger partial charge in [-0.15, -0.1) is 0 Å². The molecule has 0 saturated heterocycles. The largest absolute Gasteiger partial charge is 0.507 e. The summed E-state index contributed by atoms with van der Waals surface area (Å²) < 4.78 is 1.78. The van der Waals surface area contributed by atoms with Crippen LogP contribution in [-0.4, -0.2) is 30.7 Å². The fraction of sp³-hybridized carbons (Fsp3) is 0.0769. The van der Waals surface area contributed by atoms with Crippen molar-refractivity contribution in [2.24, 2.45) is 0 Å². The Kier molecular flexibility index (Phi) is 2.83. The molecule has 0 amide bonds. The summed E-state index contributed by atoms with van der Waals surface area (Å²) in [6.45, 7) is 1.85. The van der Waals surface area contributed by atoms with Crippen molar-refractivity contribution in [3.05, 3.63) is 51.9 Å². The number of rotatable bonds is 2. The monoisotopic (exact) mass is 286 g/mol. The molecule has 0 aliphatic heterocycles. The third-order valence-corrected chi connectivity index (χ3v) is 3.20. The predicted octanol–water partition coefficient (Wildman–Crippen LogP) is 2.03. The van der Waals surface area contributed by atoms with Gasteiger partial charge in [-0.05, 0) is 37.3 Å². The number of nitrogens with one attached hydrogen (secondary N) is 1. The second-order valence-corrected chi connectivity index (χ2v) is 4.78. The maximum absolute atomic E-state index is 12.4. The lowest BCUT2D eigenvalue weighted by Gasteiger charge is -2.05. The Morgan fingerprint density at radius 3 is 3.00 bits per heavy atom. The van der Waals surface area contributed by atoms with E-state index in [1.807, 2.05) is 6.92 Å². The van der Waals surface area contributed by atoms with E-state index in [4.69, 9.17) is 12.2 Å². The van der Waals surface area contributed by atoms with E-state index >= 15 is 0 Å². The molecule has 0 fully saturated rings. The number of hydrogen-bond donors (Lipinski definition) is 2. The summed E-state index contributed by atoms with van der Waals surface area (Å²) in [5, 5.41) is 20.4. The van der Waals surface area contributed by atoms with Crippen molar-refractivity contribution in [2.75, 3.05) is 0 Å². The van der Waals surface area contributed by atoms with Crippen molar-refractivity contribution in [3.63, 3.8) is 0 Å². The molecule has 0 aliphatic carbocycles. The van der Waals surface area contributed by atoms with Crippen molar-refractivity contribution in [1.29, 1.82) is 0 Å². The number of ketones is 1. The quantitative estimate of drug-likeness (QED) is 0.556. The molecule has 6 nitrogen and oxygen atoms in total. The minimum Gasteiger partial charge on any atom is -0.507 e. The number of aromatic nitrogens is 4. The zero-order chi connectivity index (χ0) is 14.3. The van der Waals surface area contributed by atoms with E-state index in [2.05, 4.69) is 15.3 Å². The molecular formula is C13H10N4O2S. The number of fused-ring (bicyclic) bond motifs is 1. The zero-order valence-corrected chi connectivity index (χ0v) is 11.3. The van der Waals surface area contributed by atoms with Gasteiger partial charge in [-0.3, -0.25) is 4.79 Å². The van der Waals surface area contributed by atoms with Crippen molar-refractivity contribution in [1.82, 2.24) is 19.8 Å². The number of nitrogens with zero attached hydrogens (tertiary/aromatic N) is 3. The van der Waals surface area contributed by atoms with Crippen molar-refractivity contribution in [2.45, 2.75) is 6.92 Å². The van der Waals surface area contributed by atoms with Gasteiger partial charge in [-0.25, -0.2) is 5.10 Å². The predicted molar refractivity (Wildman–Crippen MR) is 74.4 cm³/mol. The van der Waals surface area contributed by atoms with Crippen LogP contribution < -0.4 is 0 Å². The second-order valence-electron chi connectivity index (χ2n) is 4.39. The van der Waals surface area contributed by atoms with Crippen LogP contribution in [0.2, 0.25) is 0 Å². The molecule has 2 heterocycles. The van der Waals surface area contributed by atoms with Gasteiger partial charge in [0.05, 0.1) is 11.8 Å². The summed E-state index contributed by atoms with van der Waals surface area (Å²) in [6, 6.07) is 6.45. The first-order chi connectivity index (χ1) is 9.56. The Hall–Kier alpha value is -2.54. The van der Waals surface area contributed by atoms with Crippen molar-refractivity contribution >= 4 is 23.6 Å². The molecule has 3 rings (SSSR count). The number of carbonyl (C=O) groups is 1. The normalized spacial score (nSPS) is 10.8. The van der Waals surface area contributed by atoms with Crippen molar-refractivity contribution in [3.8, 4) is 5.75 Å². The van der Waals surface area contributed by atoms with Crippen LogP contribution in [0.5, 0.6) is 5.75 Å². The minimum atomic E-state index is -0.310. The number of hydrogen-bond acceptors (Lipinski definition) is 5. The first-order valence-corrected chi connectivity index (χ1v) is 6.25. The minimum absolute atomic E-state index is 0.0562. The Labute approximate surface area is 118 Å². The standard InChI is InChI=1S/C13H10N4O2S/c1-7-2-3-10(18)9(4-7)12(19)8-5-11-15-16-13(20)17(11)14-6-8/h2-6,18H,1H3,(H,16,20). The highest BCUT2D eigenvalue weighted by atomic mass is 32.1. The molecule has 0 spiro atoms. The first kappa shape index (κ1) is 12.5. The summed E-state index contributed by atoms with van der Waals surface area (Å²) in [5.74, 6) is -0.366. The van der Waals surface area contributed by atoms with E-state index in [9.17, 15) is 9.90 Å². The molecule has 2 aromatic heterocycles. The van der Waals surface area contributed by atoms with Gasteiger partial charge in [0.15, 0.2) is 11.4 Å². The van der Waals surface area contributed by atoms with E-state index in [1.165, 1.54) is 16.8 Å². The molecule has 0 radical (unpaired) electrons. The lowest BCUT2D eigenvalue weighted by molar-refractivity contribution is 0.103. The highest BCUT2D eigenvalue weighted by Crippen LogP contribution is 2.21. The number of aromatic hydroxyl groups is 1. The second kappa shape index (κ2) is 4.53. The van der Waals surface area contributed by atoms with Gasteiger partial charge >= 0.3 is 0 Å². The fourth-order valence-corrected chi connectivity index (χ4v) is 2.10. The van der Waals surface area contributed by atoms with Gasteiger partial charge in [0.2, 0.25) is 4.77 Å². The molecule has 2 N–H and O–H groups in total. The summed E-state index contributed by atoms with van der Waals surface area (Å²) in [4.78, 5) is 12.4. The van der Waals surface area contributed by atoms with Gasteiger partial charge in [-0.1, -0.05) is 11.6 Å². The van der Waals surface area contributed by atoms with Crippen LogP contribution in [0.3, 0.4) is 0 Å². The fourth-order valence-electron chi connectivity index (χ4n) is 1.92. The van der Waals surface area contributed by atoms with Crippen LogP contribution in [0.15, 0.2) is 30.5 Å². The summed E-state index contributed by atoms with van der Waals surface area (Å²) >= 11 is 4.98. The Morgan fingerprint density at radius 1 is 1.40 bits per heavy atom. The Bertz CT molecular complexity index is 881. The molecule has 0 atom stereocenters. The van der Waals surface area contributed by atoms with Crippen molar-refractivity contribution < 1.29 is 9.90 Å². The van der Waals surface area contributed by atoms with E-state index in [0.29, 0.717) is 16.0 Å². The lowest BCUT2D eigenvalue weighted by Crippen LogP contribution is -2.05. The molecule has 3 aromatic rings. The molecule has 0 aliphatic rings. The molecule has 0 bridgehead atoms. The average Bonchev–Trinajstić information content (AvgIpc) is 2.82. The topological polar surface area (TPSA) is 83.3 Å². The highest BCUT2D eigenvalue weighted by molar-refractivity contribution is 7.71. The molecule has 20 heavy (non-hydrogen) atoms. The third-order valence-electron chi connectivity index (χ3n) is 2.93. The molecular weight excluding hydrogens is 276 g/mol. The Morgan fingerprint density at radius 2 is 2.20 bits per heavy atom. The van der Waals surface area contributed by atoms with E-state index in [-0.39, 0.29) is 17.1 Å². The summed E-state index contributed by atoms with van der Waals surface area (Å²) in [6.07, 6.45) is 1.41. The molecule has 7 heteroatoms. The number of H-pyrrole nitrogens is 1. The third kappa shape index (κ3) is 1.97. The lowest BCUT2D eigenvalue weighted by atomic mass is 10.0. The van der Waals surface area contributed by atoms with Crippen LogP contribution in [0.25, 0.3) is 5.65 Å². The number of phenols is 1. The van der Waals surface area contributed by atoms with Gasteiger partial charge in [0.1, 0.15) is 5.75 Å². The van der Waals surface area contributed by atoms with Gasteiger partial charge < -0.3 is 5.11 Å². The van der Waals surface area contributed by atoms with Gasteiger partial charge in [0, 0.05) is 5.56 Å². The number of aryl methyl sites for hydroxylation is 1. The number of aromatic amines is 1. The van der Waals surface area contributed by atoms with Crippen LogP contribution >= 0.6 is 12.2 Å². The van der Waals surface area contributed by atoms with Crippen LogP contribution in [0.1, 0.15) is 21.5 Å². The van der Waals surface area contributed by atoms with Crippen LogP contribution in [0, 0.1) is 11.7 Å². The van der Waals surface area contributed by atoms with E-state index < -0.39 is 0 Å². The molecule has 1 aromatic carbocycles. The zero-order valence-electron chi connectivity index (χ0n) is 10.5. The number of benzene rings is 1. The van der Waals surface area contributed by atoms with Crippen LogP contribution in [0.4, 0.5) is 0 Å². The molecule has 0 saturated carbocycles. The SMILES string of the molecule is Cc1ccc(O)c(C(=O)c2cnn3c(=S)[nH]nc3c2)c1. The smallest absolute Gasteiger partial charge is 0.216 e. The van der Waals surface area contributed by atoms with Crippen LogP contribution in [-0.2, 0) is 0 Å². The van der Waals surface area contributed by atoms with E-state index in [0.717, 1.165) is 5.56 Å². The maximum Gasteiger partial charge on any atom is 0.216 e. The number of carbonyl (C=O) groups excluding carboxylic acids is 1. The Balaban J connectivity index is 2.12. The maximum atomic E-state index is 12.4. The first-order valence-electron chi connectivity index (χ1n) is 5.84. The van der Waals surface area contributed by atoms with E-state index in [1.54, 1.807) is 18.2 Å². The van der Waals surface area contributed by atoms with Gasteiger partial charge in [0.25, 0.3) is 0 Å². The summed E-state index contributed by atoms with van der Waals surface area (Å²) in [7, 11) is 0. The summed E-state index contributed by atoms with van der Waals surface area (Å²) in [5.41, 5.74) is 1.92. The number of phenolic OH excluding ortho intramolecular Hbond substituents is 1. The average molecular weight is 286 g/mol. The molecule has 100 valence electrons.